The molecule has 1 aliphatic heterocycles. The normalized spacial score (nSPS) is 15.1. The molecule has 7 nitrogen and oxygen atoms in total. The molecule has 2 rings (SSSR count). The maximum absolute atomic E-state index is 11.8. The molecule has 7 heteroatoms. The summed E-state index contributed by atoms with van der Waals surface area (Å²) < 4.78 is 10.6. The molecule has 0 aliphatic carbocycles. The Morgan fingerprint density at radius 3 is 2.52 bits per heavy atom. The molecule has 1 N–H and O–H groups in total. The van der Waals surface area contributed by atoms with Crippen molar-refractivity contribution in [2.45, 2.75) is 20.4 Å². The number of hydrogen-bond donors (Lipinski definition) is 1. The van der Waals surface area contributed by atoms with Gasteiger partial charge in [0.15, 0.2) is 5.96 Å². The molecule has 0 saturated carbocycles. The zero-order valence-electron chi connectivity index (χ0n) is 15.3. The summed E-state index contributed by atoms with van der Waals surface area (Å²) in [6.45, 7) is 8.27. The Morgan fingerprint density at radius 1 is 1.16 bits per heavy atom. The van der Waals surface area contributed by atoms with Gasteiger partial charge in [-0.2, -0.15) is 0 Å². The topological polar surface area (TPSA) is 66.4 Å². The Bertz CT molecular complexity index is 583. The van der Waals surface area contributed by atoms with Gasteiger partial charge in [0.25, 0.3) is 0 Å². The number of amides is 1. The third kappa shape index (κ3) is 5.55. The highest BCUT2D eigenvalue weighted by atomic mass is 16.6. The fraction of sp³-hybridized carbons (Fsp3) is 0.556. The van der Waals surface area contributed by atoms with Gasteiger partial charge in [0.2, 0.25) is 0 Å². The lowest BCUT2D eigenvalue weighted by atomic mass is 10.2. The first-order chi connectivity index (χ1) is 12.2. The van der Waals surface area contributed by atoms with Crippen LogP contribution in [0.1, 0.15) is 19.4 Å². The molecule has 1 aliphatic rings. The fourth-order valence-electron chi connectivity index (χ4n) is 2.74. The van der Waals surface area contributed by atoms with Gasteiger partial charge in [-0.3, -0.25) is 4.99 Å². The third-order valence-electron chi connectivity index (χ3n) is 3.98. The lowest BCUT2D eigenvalue weighted by Gasteiger charge is -2.35. The number of piperazine rings is 1. The van der Waals surface area contributed by atoms with Crippen molar-refractivity contribution in [3.05, 3.63) is 29.8 Å². The van der Waals surface area contributed by atoms with Gasteiger partial charge in [0.1, 0.15) is 5.75 Å². The Hall–Kier alpha value is -2.44. The minimum atomic E-state index is -0.238. The number of nitrogens with zero attached hydrogens (tertiary/aromatic N) is 3. The highest BCUT2D eigenvalue weighted by molar-refractivity contribution is 5.80. The second kappa shape index (κ2) is 9.76. The zero-order chi connectivity index (χ0) is 18.1. The minimum absolute atomic E-state index is 0.238. The van der Waals surface area contributed by atoms with Crippen molar-refractivity contribution in [2.75, 3.05) is 46.4 Å². The smallest absolute Gasteiger partial charge is 0.409 e. The quantitative estimate of drug-likeness (QED) is 0.651. The van der Waals surface area contributed by atoms with Crippen LogP contribution in [0, 0.1) is 0 Å². The molecule has 1 aromatic rings. The molecule has 0 radical (unpaired) electrons. The first-order valence-electron chi connectivity index (χ1n) is 8.77. The van der Waals surface area contributed by atoms with E-state index < -0.39 is 0 Å². The van der Waals surface area contributed by atoms with Gasteiger partial charge >= 0.3 is 6.09 Å². The average molecular weight is 348 g/mol. The Labute approximate surface area is 149 Å². The van der Waals surface area contributed by atoms with Gasteiger partial charge in [-0.05, 0) is 31.5 Å². The van der Waals surface area contributed by atoms with Crippen molar-refractivity contribution in [3.8, 4) is 5.75 Å². The van der Waals surface area contributed by atoms with Gasteiger partial charge < -0.3 is 24.6 Å². The van der Waals surface area contributed by atoms with Gasteiger partial charge in [-0.25, -0.2) is 4.79 Å². The number of carbonyl (C=O) groups is 1. The fourth-order valence-corrected chi connectivity index (χ4v) is 2.74. The SMILES string of the molecule is CCOC(=O)N1CCN(C(=NC)NCc2cccc(OCC)c2)CC1. The molecule has 1 fully saturated rings. The van der Waals surface area contributed by atoms with Crippen molar-refractivity contribution in [3.63, 3.8) is 0 Å². The van der Waals surface area contributed by atoms with Crippen LogP contribution in [-0.4, -0.2) is 68.3 Å². The predicted molar refractivity (Wildman–Crippen MR) is 98.0 cm³/mol. The van der Waals surface area contributed by atoms with Crippen molar-refractivity contribution in [1.82, 2.24) is 15.1 Å². The molecular formula is C18H28N4O3. The molecule has 1 aromatic carbocycles. The average Bonchev–Trinajstić information content (AvgIpc) is 2.63. The molecule has 1 saturated heterocycles. The zero-order valence-corrected chi connectivity index (χ0v) is 15.3. The predicted octanol–water partition coefficient (Wildman–Crippen LogP) is 1.93. The first kappa shape index (κ1) is 18.9. The summed E-state index contributed by atoms with van der Waals surface area (Å²) in [4.78, 5) is 20.0. The number of aliphatic imine (C=N–C) groups is 1. The molecule has 25 heavy (non-hydrogen) atoms. The van der Waals surface area contributed by atoms with Crippen LogP contribution < -0.4 is 10.1 Å². The number of guanidine groups is 1. The van der Waals surface area contributed by atoms with E-state index in [0.29, 0.717) is 32.8 Å². The number of ether oxygens (including phenoxy) is 2. The van der Waals surface area contributed by atoms with E-state index in [1.54, 1.807) is 11.9 Å². The van der Waals surface area contributed by atoms with E-state index in [2.05, 4.69) is 21.3 Å². The summed E-state index contributed by atoms with van der Waals surface area (Å²) >= 11 is 0. The van der Waals surface area contributed by atoms with E-state index in [9.17, 15) is 4.79 Å². The number of rotatable bonds is 5. The van der Waals surface area contributed by atoms with Crippen LogP contribution in [0.3, 0.4) is 0 Å². The van der Waals surface area contributed by atoms with Gasteiger partial charge in [-0.15, -0.1) is 0 Å². The van der Waals surface area contributed by atoms with Crippen LogP contribution in [0.15, 0.2) is 29.3 Å². The standard InChI is InChI=1S/C18H28N4O3/c1-4-24-16-8-6-7-15(13-16)14-20-17(19-3)21-9-11-22(12-10-21)18(23)25-5-2/h6-8,13H,4-5,9-12,14H2,1-3H3,(H,19,20). The summed E-state index contributed by atoms with van der Waals surface area (Å²) in [5.74, 6) is 1.71. The van der Waals surface area contributed by atoms with E-state index in [0.717, 1.165) is 30.4 Å². The largest absolute Gasteiger partial charge is 0.494 e. The maximum Gasteiger partial charge on any atom is 0.409 e. The Balaban J connectivity index is 1.85. The number of benzene rings is 1. The molecule has 0 aromatic heterocycles. The van der Waals surface area contributed by atoms with Gasteiger partial charge in [-0.1, -0.05) is 12.1 Å². The minimum Gasteiger partial charge on any atom is -0.494 e. The van der Waals surface area contributed by atoms with Crippen LogP contribution in [0.25, 0.3) is 0 Å². The second-order valence-electron chi connectivity index (χ2n) is 5.65. The molecule has 1 amide bonds. The lowest BCUT2D eigenvalue weighted by Crippen LogP contribution is -2.53. The Morgan fingerprint density at radius 2 is 1.88 bits per heavy atom. The molecule has 1 heterocycles. The van der Waals surface area contributed by atoms with E-state index >= 15 is 0 Å². The van der Waals surface area contributed by atoms with Crippen LogP contribution in [0.4, 0.5) is 4.79 Å². The summed E-state index contributed by atoms with van der Waals surface area (Å²) in [6, 6.07) is 8.03. The molecule has 0 unspecified atom stereocenters. The highest BCUT2D eigenvalue weighted by Gasteiger charge is 2.23. The van der Waals surface area contributed by atoms with Gasteiger partial charge in [0.05, 0.1) is 13.2 Å². The van der Waals surface area contributed by atoms with E-state index in [1.807, 2.05) is 32.0 Å². The van der Waals surface area contributed by atoms with E-state index in [-0.39, 0.29) is 6.09 Å². The molecule has 0 spiro atoms. The van der Waals surface area contributed by atoms with E-state index in [1.165, 1.54) is 0 Å². The number of nitrogens with one attached hydrogen (secondary N) is 1. The molecule has 138 valence electrons. The second-order valence-corrected chi connectivity index (χ2v) is 5.65. The van der Waals surface area contributed by atoms with Crippen molar-refractivity contribution < 1.29 is 14.3 Å². The summed E-state index contributed by atoms with van der Waals surface area (Å²) in [6.07, 6.45) is -0.238. The summed E-state index contributed by atoms with van der Waals surface area (Å²) in [5.41, 5.74) is 1.14. The molecular weight excluding hydrogens is 320 g/mol. The summed E-state index contributed by atoms with van der Waals surface area (Å²) in [5, 5.41) is 3.38. The van der Waals surface area contributed by atoms with Crippen LogP contribution in [-0.2, 0) is 11.3 Å². The van der Waals surface area contributed by atoms with Crippen molar-refractivity contribution in [1.29, 1.82) is 0 Å². The number of hydrogen-bond acceptors (Lipinski definition) is 4. The highest BCUT2D eigenvalue weighted by Crippen LogP contribution is 2.13. The van der Waals surface area contributed by atoms with E-state index in [4.69, 9.17) is 9.47 Å². The molecule has 0 bridgehead atoms. The van der Waals surface area contributed by atoms with Crippen LogP contribution in [0.2, 0.25) is 0 Å². The van der Waals surface area contributed by atoms with Crippen LogP contribution >= 0.6 is 0 Å². The monoisotopic (exact) mass is 348 g/mol. The Kier molecular flexibility index (Phi) is 7.37. The van der Waals surface area contributed by atoms with Crippen molar-refractivity contribution >= 4 is 12.1 Å². The van der Waals surface area contributed by atoms with Crippen molar-refractivity contribution in [2.24, 2.45) is 4.99 Å². The lowest BCUT2D eigenvalue weighted by molar-refractivity contribution is 0.0914. The summed E-state index contributed by atoms with van der Waals surface area (Å²) in [7, 11) is 1.77. The maximum atomic E-state index is 11.8. The first-order valence-corrected chi connectivity index (χ1v) is 8.77. The number of carbonyl (C=O) groups excluding carboxylic acids is 1. The van der Waals surface area contributed by atoms with Gasteiger partial charge in [0, 0.05) is 39.8 Å². The molecule has 0 atom stereocenters. The van der Waals surface area contributed by atoms with Crippen LogP contribution in [0.5, 0.6) is 5.75 Å². The third-order valence-corrected chi connectivity index (χ3v) is 3.98.